The van der Waals surface area contributed by atoms with Crippen LogP contribution in [0.5, 0.6) is 0 Å². The summed E-state index contributed by atoms with van der Waals surface area (Å²) in [5, 5.41) is 8.49. The first-order valence-corrected chi connectivity index (χ1v) is 10.1. The van der Waals surface area contributed by atoms with Crippen LogP contribution in [-0.4, -0.2) is 0 Å². The predicted molar refractivity (Wildman–Crippen MR) is 98.9 cm³/mol. The first-order valence-electron chi connectivity index (χ1n) is 10.1. The van der Waals surface area contributed by atoms with Crippen LogP contribution in [0.3, 0.4) is 0 Å². The van der Waals surface area contributed by atoms with E-state index in [1.54, 1.807) is 6.08 Å². The van der Waals surface area contributed by atoms with Crippen LogP contribution in [-0.2, 0) is 0 Å². The number of hydrogen-bond acceptors (Lipinski definition) is 1. The molecule has 23 heavy (non-hydrogen) atoms. The molecular weight excluding hydrogens is 278 g/mol. The number of rotatable bonds is 7. The Morgan fingerprint density at radius 2 is 1.52 bits per heavy atom. The lowest BCUT2D eigenvalue weighted by Crippen LogP contribution is -2.25. The maximum Gasteiger partial charge on any atom is 0.0912 e. The van der Waals surface area contributed by atoms with Crippen molar-refractivity contribution in [3.63, 3.8) is 0 Å². The Labute approximate surface area is 143 Å². The van der Waals surface area contributed by atoms with Crippen molar-refractivity contribution in [1.29, 1.82) is 5.26 Å². The molecule has 0 atom stereocenters. The van der Waals surface area contributed by atoms with Crippen molar-refractivity contribution in [1.82, 2.24) is 0 Å². The minimum atomic E-state index is 0.750. The molecule has 128 valence electrons. The summed E-state index contributed by atoms with van der Waals surface area (Å²) < 4.78 is 0. The summed E-state index contributed by atoms with van der Waals surface area (Å²) in [5.41, 5.74) is 0. The van der Waals surface area contributed by atoms with Crippen molar-refractivity contribution in [3.8, 4) is 6.07 Å². The summed E-state index contributed by atoms with van der Waals surface area (Å²) >= 11 is 0. The highest BCUT2D eigenvalue weighted by Gasteiger charge is 2.30. The van der Waals surface area contributed by atoms with E-state index in [0.717, 1.165) is 23.7 Å². The topological polar surface area (TPSA) is 23.8 Å². The quantitative estimate of drug-likeness (QED) is 0.287. The number of hydrogen-bond donors (Lipinski definition) is 0. The van der Waals surface area contributed by atoms with Crippen molar-refractivity contribution in [2.75, 3.05) is 0 Å². The van der Waals surface area contributed by atoms with Gasteiger partial charge in [0.05, 0.1) is 6.07 Å². The van der Waals surface area contributed by atoms with Gasteiger partial charge in [-0.2, -0.15) is 5.26 Å². The summed E-state index contributed by atoms with van der Waals surface area (Å²) in [6.45, 7) is 2.31. The average molecular weight is 314 g/mol. The van der Waals surface area contributed by atoms with E-state index < -0.39 is 0 Å². The second kappa shape index (κ2) is 10.7. The van der Waals surface area contributed by atoms with Gasteiger partial charge < -0.3 is 0 Å². The van der Waals surface area contributed by atoms with Gasteiger partial charge in [-0.1, -0.05) is 63.7 Å². The Bertz CT molecular complexity index is 398. The molecule has 0 heterocycles. The second-order valence-electron chi connectivity index (χ2n) is 7.82. The zero-order valence-corrected chi connectivity index (χ0v) is 15.1. The van der Waals surface area contributed by atoms with Gasteiger partial charge in [0.2, 0.25) is 0 Å². The van der Waals surface area contributed by atoms with Gasteiger partial charge in [0.1, 0.15) is 0 Å². The molecule has 2 aliphatic rings. The lowest BCUT2D eigenvalue weighted by molar-refractivity contribution is 0.151. The Kier molecular flexibility index (Phi) is 8.51. The minimum absolute atomic E-state index is 0.750. The molecule has 2 fully saturated rings. The van der Waals surface area contributed by atoms with Crippen molar-refractivity contribution in [2.24, 2.45) is 23.7 Å². The Hall–Kier alpha value is -1.03. The fourth-order valence-electron chi connectivity index (χ4n) is 4.76. The molecule has 0 radical (unpaired) electrons. The van der Waals surface area contributed by atoms with Crippen molar-refractivity contribution < 1.29 is 0 Å². The average Bonchev–Trinajstić information content (AvgIpc) is 2.60. The largest absolute Gasteiger partial charge is 0.193 e. The molecule has 0 spiro atoms. The molecule has 1 nitrogen and oxygen atoms in total. The highest BCUT2D eigenvalue weighted by atomic mass is 14.4. The summed E-state index contributed by atoms with van der Waals surface area (Å²) in [6.07, 6.45) is 25.2. The van der Waals surface area contributed by atoms with Crippen LogP contribution >= 0.6 is 0 Å². The molecule has 0 N–H and O–H groups in total. The van der Waals surface area contributed by atoms with Gasteiger partial charge in [-0.15, -0.1) is 0 Å². The number of nitrogens with zero attached hydrogens (tertiary/aromatic N) is 1. The SMILES string of the molecule is CCCCC[C@H]1CC[C@H](C2CCC(C=CC=CC#N)CC2)CC1. The van der Waals surface area contributed by atoms with Gasteiger partial charge in [-0.05, 0) is 62.2 Å². The third-order valence-electron chi connectivity index (χ3n) is 6.26. The van der Waals surface area contributed by atoms with Crippen LogP contribution in [0.15, 0.2) is 24.3 Å². The van der Waals surface area contributed by atoms with Crippen molar-refractivity contribution in [2.45, 2.75) is 84.0 Å². The lowest BCUT2D eigenvalue weighted by Gasteiger charge is -2.37. The maximum absolute atomic E-state index is 8.49. The summed E-state index contributed by atoms with van der Waals surface area (Å²) in [7, 11) is 0. The van der Waals surface area contributed by atoms with Crippen LogP contribution in [0.1, 0.15) is 84.0 Å². The first-order chi connectivity index (χ1) is 11.3. The smallest absolute Gasteiger partial charge is 0.0912 e. The summed E-state index contributed by atoms with van der Waals surface area (Å²) in [5.74, 6) is 3.83. The van der Waals surface area contributed by atoms with Crippen LogP contribution in [0.2, 0.25) is 0 Å². The van der Waals surface area contributed by atoms with Gasteiger partial charge in [0.15, 0.2) is 0 Å². The zero-order chi connectivity index (χ0) is 16.3. The Morgan fingerprint density at radius 3 is 2.13 bits per heavy atom. The molecule has 0 saturated heterocycles. The maximum atomic E-state index is 8.49. The van der Waals surface area contributed by atoms with Gasteiger partial charge in [-0.3, -0.25) is 0 Å². The fourth-order valence-corrected chi connectivity index (χ4v) is 4.76. The summed E-state index contributed by atoms with van der Waals surface area (Å²) in [4.78, 5) is 0. The normalized spacial score (nSPS) is 32.3. The lowest BCUT2D eigenvalue weighted by atomic mass is 9.68. The van der Waals surface area contributed by atoms with Gasteiger partial charge in [-0.25, -0.2) is 0 Å². The molecular formula is C22H35N. The third-order valence-corrected chi connectivity index (χ3v) is 6.26. The van der Waals surface area contributed by atoms with E-state index >= 15 is 0 Å². The third kappa shape index (κ3) is 6.54. The number of unbranched alkanes of at least 4 members (excludes halogenated alkanes) is 2. The molecule has 0 aromatic rings. The standard InChI is InChI=1S/C22H35N/c1-2-3-5-8-19-10-14-21(15-11-19)22-16-12-20(13-17-22)9-6-4-7-18-23/h4,6-7,9,19-22H,2-3,5,8,10-17H2,1H3/t19-,20?,21-,22?. The first kappa shape index (κ1) is 18.3. The van der Waals surface area contributed by atoms with Crippen LogP contribution < -0.4 is 0 Å². The predicted octanol–water partition coefficient (Wildman–Crippen LogP) is 6.82. The van der Waals surface area contributed by atoms with E-state index in [-0.39, 0.29) is 0 Å². The van der Waals surface area contributed by atoms with Crippen molar-refractivity contribution >= 4 is 0 Å². The molecule has 2 rings (SSSR count). The zero-order valence-electron chi connectivity index (χ0n) is 15.1. The molecule has 0 unspecified atom stereocenters. The van der Waals surface area contributed by atoms with E-state index in [1.165, 1.54) is 77.0 Å². The molecule has 0 amide bonds. The van der Waals surface area contributed by atoms with E-state index in [4.69, 9.17) is 5.26 Å². The molecule has 0 aliphatic heterocycles. The Morgan fingerprint density at radius 1 is 0.870 bits per heavy atom. The fraction of sp³-hybridized carbons (Fsp3) is 0.773. The molecule has 2 saturated carbocycles. The molecule has 0 aromatic heterocycles. The van der Waals surface area contributed by atoms with Crippen LogP contribution in [0.25, 0.3) is 0 Å². The van der Waals surface area contributed by atoms with E-state index in [9.17, 15) is 0 Å². The molecule has 1 heteroatoms. The second-order valence-corrected chi connectivity index (χ2v) is 7.82. The monoisotopic (exact) mass is 313 g/mol. The van der Waals surface area contributed by atoms with Crippen LogP contribution in [0.4, 0.5) is 0 Å². The highest BCUT2D eigenvalue weighted by molar-refractivity contribution is 5.12. The summed E-state index contributed by atoms with van der Waals surface area (Å²) in [6, 6.07) is 2.04. The minimum Gasteiger partial charge on any atom is -0.193 e. The molecule has 0 bridgehead atoms. The Balaban J connectivity index is 1.64. The van der Waals surface area contributed by atoms with E-state index in [2.05, 4.69) is 19.1 Å². The number of allylic oxidation sites excluding steroid dienone is 4. The van der Waals surface area contributed by atoms with Crippen molar-refractivity contribution in [3.05, 3.63) is 24.3 Å². The van der Waals surface area contributed by atoms with E-state index in [0.29, 0.717) is 0 Å². The molecule has 0 aromatic carbocycles. The number of nitriles is 1. The van der Waals surface area contributed by atoms with E-state index in [1.807, 2.05) is 12.1 Å². The van der Waals surface area contributed by atoms with Crippen LogP contribution in [0, 0.1) is 35.0 Å². The van der Waals surface area contributed by atoms with Gasteiger partial charge >= 0.3 is 0 Å². The highest BCUT2D eigenvalue weighted by Crippen LogP contribution is 2.42. The van der Waals surface area contributed by atoms with Gasteiger partial charge in [0, 0.05) is 6.08 Å². The molecule has 2 aliphatic carbocycles. The van der Waals surface area contributed by atoms with Gasteiger partial charge in [0.25, 0.3) is 0 Å².